The molecule has 0 rings (SSSR count). The average molecular weight is 215 g/mol. The monoisotopic (exact) mass is 215 g/mol. The summed E-state index contributed by atoms with van der Waals surface area (Å²) < 4.78 is 5.62. The van der Waals surface area contributed by atoms with Crippen molar-refractivity contribution in [2.75, 3.05) is 19.8 Å². The van der Waals surface area contributed by atoms with E-state index in [9.17, 15) is 0 Å². The van der Waals surface area contributed by atoms with Gasteiger partial charge in [-0.15, -0.1) is 0 Å². The second-order valence-electron chi connectivity index (χ2n) is 4.44. The molecule has 1 atom stereocenters. The van der Waals surface area contributed by atoms with Crippen LogP contribution in [0.5, 0.6) is 0 Å². The lowest BCUT2D eigenvalue weighted by Gasteiger charge is -2.15. The van der Waals surface area contributed by atoms with Gasteiger partial charge in [0.15, 0.2) is 0 Å². The summed E-state index contributed by atoms with van der Waals surface area (Å²) in [6.07, 6.45) is 4.96. The summed E-state index contributed by atoms with van der Waals surface area (Å²) in [5, 5.41) is 3.50. The van der Waals surface area contributed by atoms with E-state index in [1.54, 1.807) is 0 Å². The molecule has 0 spiro atoms. The predicted octanol–water partition coefficient (Wildman–Crippen LogP) is 3.22. The largest absolute Gasteiger partial charge is 0.380 e. The zero-order valence-electron chi connectivity index (χ0n) is 11.0. The van der Waals surface area contributed by atoms with Gasteiger partial charge in [-0.3, -0.25) is 0 Å². The zero-order valence-corrected chi connectivity index (χ0v) is 11.0. The molecular weight excluding hydrogens is 186 g/mol. The SMILES string of the molecule is CCCC(C)COCCNC(CC)CC. The van der Waals surface area contributed by atoms with Crippen molar-refractivity contribution >= 4 is 0 Å². The Kier molecular flexibility index (Phi) is 10.4. The Bertz CT molecular complexity index is 124. The van der Waals surface area contributed by atoms with Gasteiger partial charge in [0.1, 0.15) is 0 Å². The van der Waals surface area contributed by atoms with Gasteiger partial charge in [0.25, 0.3) is 0 Å². The van der Waals surface area contributed by atoms with Crippen LogP contribution in [0.1, 0.15) is 53.4 Å². The molecule has 2 nitrogen and oxygen atoms in total. The summed E-state index contributed by atoms with van der Waals surface area (Å²) in [4.78, 5) is 0. The summed E-state index contributed by atoms with van der Waals surface area (Å²) in [6, 6.07) is 0.668. The smallest absolute Gasteiger partial charge is 0.0591 e. The molecule has 0 aliphatic rings. The van der Waals surface area contributed by atoms with E-state index in [2.05, 4.69) is 33.0 Å². The van der Waals surface area contributed by atoms with Crippen LogP contribution in [0.2, 0.25) is 0 Å². The van der Waals surface area contributed by atoms with Crippen molar-refractivity contribution in [3.8, 4) is 0 Å². The lowest BCUT2D eigenvalue weighted by atomic mass is 10.1. The fourth-order valence-electron chi connectivity index (χ4n) is 1.77. The third kappa shape index (κ3) is 8.88. The van der Waals surface area contributed by atoms with Crippen molar-refractivity contribution < 1.29 is 4.74 Å². The van der Waals surface area contributed by atoms with Gasteiger partial charge in [0.2, 0.25) is 0 Å². The van der Waals surface area contributed by atoms with Crippen molar-refractivity contribution in [3.05, 3.63) is 0 Å². The third-order valence-corrected chi connectivity index (χ3v) is 2.85. The van der Waals surface area contributed by atoms with Crippen molar-refractivity contribution in [1.82, 2.24) is 5.32 Å². The Balaban J connectivity index is 3.23. The predicted molar refractivity (Wildman–Crippen MR) is 67.3 cm³/mol. The van der Waals surface area contributed by atoms with Crippen molar-refractivity contribution in [2.24, 2.45) is 5.92 Å². The Morgan fingerprint density at radius 2 is 1.80 bits per heavy atom. The second kappa shape index (κ2) is 10.4. The summed E-state index contributed by atoms with van der Waals surface area (Å²) in [5.41, 5.74) is 0. The number of ether oxygens (including phenoxy) is 1. The Hall–Kier alpha value is -0.0800. The van der Waals surface area contributed by atoms with Crippen LogP contribution >= 0.6 is 0 Å². The van der Waals surface area contributed by atoms with Gasteiger partial charge >= 0.3 is 0 Å². The Morgan fingerprint density at radius 1 is 1.13 bits per heavy atom. The van der Waals surface area contributed by atoms with Crippen LogP contribution in [0.15, 0.2) is 0 Å². The highest BCUT2D eigenvalue weighted by atomic mass is 16.5. The minimum absolute atomic E-state index is 0.668. The molecule has 0 aromatic rings. The standard InChI is InChI=1S/C13H29NO/c1-5-8-12(4)11-15-10-9-14-13(6-2)7-3/h12-14H,5-11H2,1-4H3. The summed E-state index contributed by atoms with van der Waals surface area (Å²) in [7, 11) is 0. The second-order valence-corrected chi connectivity index (χ2v) is 4.44. The van der Waals surface area contributed by atoms with Crippen molar-refractivity contribution in [2.45, 2.75) is 59.4 Å². The van der Waals surface area contributed by atoms with Crippen LogP contribution < -0.4 is 5.32 Å². The van der Waals surface area contributed by atoms with E-state index in [4.69, 9.17) is 4.74 Å². The molecule has 0 aromatic carbocycles. The van der Waals surface area contributed by atoms with E-state index in [0.717, 1.165) is 19.8 Å². The van der Waals surface area contributed by atoms with E-state index in [-0.39, 0.29) is 0 Å². The van der Waals surface area contributed by atoms with E-state index in [1.165, 1.54) is 25.7 Å². The van der Waals surface area contributed by atoms with E-state index in [0.29, 0.717) is 12.0 Å². The number of nitrogens with one attached hydrogen (secondary N) is 1. The quantitative estimate of drug-likeness (QED) is 0.565. The fourth-order valence-corrected chi connectivity index (χ4v) is 1.77. The van der Waals surface area contributed by atoms with E-state index in [1.807, 2.05) is 0 Å². The molecule has 0 fully saturated rings. The maximum absolute atomic E-state index is 5.62. The number of hydrogen-bond donors (Lipinski definition) is 1. The molecule has 0 amide bonds. The maximum atomic E-state index is 5.62. The first kappa shape index (κ1) is 14.9. The Labute approximate surface area is 95.8 Å². The zero-order chi connectivity index (χ0) is 11.5. The first-order valence-electron chi connectivity index (χ1n) is 6.55. The number of rotatable bonds is 10. The van der Waals surface area contributed by atoms with E-state index < -0.39 is 0 Å². The van der Waals surface area contributed by atoms with Crippen molar-refractivity contribution in [1.29, 1.82) is 0 Å². The van der Waals surface area contributed by atoms with Gasteiger partial charge in [-0.2, -0.15) is 0 Å². The van der Waals surface area contributed by atoms with Crippen LogP contribution in [0.25, 0.3) is 0 Å². The highest BCUT2D eigenvalue weighted by Crippen LogP contribution is 2.04. The minimum atomic E-state index is 0.668. The van der Waals surface area contributed by atoms with Gasteiger partial charge in [0, 0.05) is 19.2 Å². The molecule has 15 heavy (non-hydrogen) atoms. The molecule has 0 aliphatic carbocycles. The molecule has 0 saturated heterocycles. The molecule has 0 aliphatic heterocycles. The normalized spacial score (nSPS) is 13.4. The van der Waals surface area contributed by atoms with Crippen LogP contribution in [0.4, 0.5) is 0 Å². The highest BCUT2D eigenvalue weighted by molar-refractivity contribution is 4.61. The third-order valence-electron chi connectivity index (χ3n) is 2.85. The van der Waals surface area contributed by atoms with E-state index >= 15 is 0 Å². The number of hydrogen-bond acceptors (Lipinski definition) is 2. The van der Waals surface area contributed by atoms with Crippen LogP contribution in [0.3, 0.4) is 0 Å². The molecule has 2 heteroatoms. The fraction of sp³-hybridized carbons (Fsp3) is 1.00. The molecule has 92 valence electrons. The molecule has 1 unspecified atom stereocenters. The average Bonchev–Trinajstić information content (AvgIpc) is 2.24. The summed E-state index contributed by atoms with van der Waals surface area (Å²) in [5.74, 6) is 0.711. The van der Waals surface area contributed by atoms with Gasteiger partial charge in [-0.25, -0.2) is 0 Å². The molecule has 0 bridgehead atoms. The Morgan fingerprint density at radius 3 is 2.33 bits per heavy atom. The molecular formula is C13H29NO. The molecule has 1 N–H and O–H groups in total. The summed E-state index contributed by atoms with van der Waals surface area (Å²) in [6.45, 7) is 11.7. The topological polar surface area (TPSA) is 21.3 Å². The van der Waals surface area contributed by atoms with Gasteiger partial charge in [0.05, 0.1) is 6.61 Å². The first-order chi connectivity index (χ1) is 7.24. The van der Waals surface area contributed by atoms with Crippen molar-refractivity contribution in [3.63, 3.8) is 0 Å². The van der Waals surface area contributed by atoms with Crippen LogP contribution in [-0.2, 0) is 4.74 Å². The lowest BCUT2D eigenvalue weighted by Crippen LogP contribution is -2.31. The van der Waals surface area contributed by atoms with Crippen LogP contribution in [-0.4, -0.2) is 25.8 Å². The minimum Gasteiger partial charge on any atom is -0.380 e. The highest BCUT2D eigenvalue weighted by Gasteiger charge is 2.02. The molecule has 0 saturated carbocycles. The van der Waals surface area contributed by atoms with Gasteiger partial charge in [-0.05, 0) is 25.2 Å². The molecule has 0 aromatic heterocycles. The molecule has 0 heterocycles. The maximum Gasteiger partial charge on any atom is 0.0591 e. The molecule has 0 radical (unpaired) electrons. The van der Waals surface area contributed by atoms with Gasteiger partial charge in [-0.1, -0.05) is 34.1 Å². The van der Waals surface area contributed by atoms with Crippen LogP contribution in [0, 0.1) is 5.92 Å². The first-order valence-corrected chi connectivity index (χ1v) is 6.55. The van der Waals surface area contributed by atoms with Gasteiger partial charge < -0.3 is 10.1 Å². The summed E-state index contributed by atoms with van der Waals surface area (Å²) >= 11 is 0. The lowest BCUT2D eigenvalue weighted by molar-refractivity contribution is 0.102.